The molecule has 3 atom stereocenters. The minimum absolute atomic E-state index is 0. The van der Waals surface area contributed by atoms with Gasteiger partial charge in [-0.2, -0.15) is 0 Å². The maximum absolute atomic E-state index is 10.7. The zero-order valence-electron chi connectivity index (χ0n) is 9.92. The van der Waals surface area contributed by atoms with Crippen LogP contribution in [0.3, 0.4) is 0 Å². The first kappa shape index (κ1) is 23.9. The van der Waals surface area contributed by atoms with Crippen LogP contribution in [0.2, 0.25) is 0 Å². The van der Waals surface area contributed by atoms with Gasteiger partial charge in [0, 0.05) is 0 Å². The summed E-state index contributed by atoms with van der Waals surface area (Å²) in [5, 5.41) is 35.4. The second kappa shape index (κ2) is 10.6. The molecule has 0 rings (SSSR count). The number of carbonyl (C=O) groups excluding carboxylic acids is 1. The summed E-state index contributed by atoms with van der Waals surface area (Å²) in [6.45, 7) is -2.16. The van der Waals surface area contributed by atoms with Crippen molar-refractivity contribution in [1.82, 2.24) is 0 Å². The Balaban J connectivity index is -0.00000112. The van der Waals surface area contributed by atoms with Gasteiger partial charge in [-0.1, -0.05) is 0 Å². The molecule has 0 aliphatic heterocycles. The van der Waals surface area contributed by atoms with E-state index in [4.69, 9.17) is 20.4 Å². The fourth-order valence-electron chi connectivity index (χ4n) is 0.761. The summed E-state index contributed by atoms with van der Waals surface area (Å²) in [5.41, 5.74) is 0. The smallest absolute Gasteiger partial charge is 0.790 e. The molecule has 4 N–H and O–H groups in total. The van der Waals surface area contributed by atoms with Gasteiger partial charge in [0.25, 0.3) is 0 Å². The molecule has 96 valence electrons. The predicted molar refractivity (Wildman–Crippen MR) is 43.7 cm³/mol. The van der Waals surface area contributed by atoms with Crippen molar-refractivity contribution in [2.75, 3.05) is 13.2 Å². The number of rotatable bonds is 7. The standard InChI is InChI=1S/C6H13O9P.2Li/c7-1-3(8)5(10)6(11)4(9)2-15-16(12,13)14;;/h4-7,9-11H,1-2H2,(H2,12,13,14);;/q;2*+1/p-2. The normalized spacial score (nSPS) is 15.9. The summed E-state index contributed by atoms with van der Waals surface area (Å²) in [7, 11) is -5.31. The van der Waals surface area contributed by atoms with E-state index in [2.05, 4.69) is 4.52 Å². The van der Waals surface area contributed by atoms with E-state index in [0.29, 0.717) is 0 Å². The summed E-state index contributed by atoms with van der Waals surface area (Å²) in [6.07, 6.45) is -6.12. The first-order chi connectivity index (χ1) is 7.19. The molecule has 0 heterocycles. The molecule has 0 radical (unpaired) electrons. The third kappa shape index (κ3) is 9.71. The maximum atomic E-state index is 10.7. The first-order valence-electron chi connectivity index (χ1n) is 4.03. The van der Waals surface area contributed by atoms with Crippen LogP contribution in [0.1, 0.15) is 0 Å². The Bertz CT molecular complexity index is 282. The van der Waals surface area contributed by atoms with E-state index in [0.717, 1.165) is 0 Å². The quantitative estimate of drug-likeness (QED) is 0.259. The maximum Gasteiger partial charge on any atom is 1.00 e. The van der Waals surface area contributed by atoms with Crippen LogP contribution in [-0.2, 0) is 13.9 Å². The molecule has 0 aliphatic rings. The van der Waals surface area contributed by atoms with E-state index >= 15 is 0 Å². The van der Waals surface area contributed by atoms with Crippen LogP contribution in [0.25, 0.3) is 0 Å². The van der Waals surface area contributed by atoms with Crippen LogP contribution in [0.4, 0.5) is 0 Å². The SMILES string of the molecule is O=C(CO)C(O)C(O)C(O)COP(=O)([O-])[O-].[Li+].[Li+]. The van der Waals surface area contributed by atoms with Crippen molar-refractivity contribution < 1.29 is 81.8 Å². The molecule has 3 unspecified atom stereocenters. The number of carbonyl (C=O) groups is 1. The second-order valence-electron chi connectivity index (χ2n) is 2.87. The van der Waals surface area contributed by atoms with E-state index < -0.39 is 45.1 Å². The Labute approximate surface area is 127 Å². The Hall–Kier alpha value is 0.815. The molecule has 0 spiro atoms. The zero-order chi connectivity index (χ0) is 12.9. The average molecular weight is 272 g/mol. The first-order valence-corrected chi connectivity index (χ1v) is 5.49. The van der Waals surface area contributed by atoms with Gasteiger partial charge in [-0.05, 0) is 0 Å². The van der Waals surface area contributed by atoms with E-state index in [-0.39, 0.29) is 37.7 Å². The summed E-state index contributed by atoms with van der Waals surface area (Å²) in [5.74, 6) is -1.17. The summed E-state index contributed by atoms with van der Waals surface area (Å²) in [6, 6.07) is 0. The largest absolute Gasteiger partial charge is 1.00 e. The van der Waals surface area contributed by atoms with Crippen LogP contribution < -0.4 is 47.5 Å². The minimum atomic E-state index is -5.31. The van der Waals surface area contributed by atoms with Crippen molar-refractivity contribution in [3.8, 4) is 0 Å². The van der Waals surface area contributed by atoms with Crippen molar-refractivity contribution in [1.29, 1.82) is 0 Å². The van der Waals surface area contributed by atoms with Crippen molar-refractivity contribution >= 4 is 13.6 Å². The number of phosphoric ester groups is 1. The van der Waals surface area contributed by atoms with E-state index in [1.54, 1.807) is 0 Å². The summed E-state index contributed by atoms with van der Waals surface area (Å²) < 4.78 is 13.6. The Morgan fingerprint density at radius 3 is 2.00 bits per heavy atom. The van der Waals surface area contributed by atoms with Crippen LogP contribution in [-0.4, -0.2) is 57.7 Å². The van der Waals surface area contributed by atoms with E-state index in [1.807, 2.05) is 0 Å². The third-order valence-corrected chi connectivity index (χ3v) is 2.07. The number of phosphoric acid groups is 1. The second-order valence-corrected chi connectivity index (χ2v) is 4.02. The Kier molecular flexibility index (Phi) is 14.0. The molecular weight excluding hydrogens is 261 g/mol. The van der Waals surface area contributed by atoms with Gasteiger partial charge in [0.05, 0.1) is 14.4 Å². The molecule has 0 aromatic rings. The monoisotopic (exact) mass is 272 g/mol. The van der Waals surface area contributed by atoms with Crippen LogP contribution in [0, 0.1) is 0 Å². The van der Waals surface area contributed by atoms with Crippen LogP contribution >= 0.6 is 7.82 Å². The van der Waals surface area contributed by atoms with Gasteiger partial charge >= 0.3 is 37.7 Å². The van der Waals surface area contributed by atoms with E-state index in [9.17, 15) is 19.1 Å². The van der Waals surface area contributed by atoms with Crippen LogP contribution in [0.5, 0.6) is 0 Å². The van der Waals surface area contributed by atoms with E-state index in [1.165, 1.54) is 0 Å². The number of Topliss-reactive ketones (excluding diaryl/α,β-unsaturated/α-hetero) is 1. The number of aliphatic hydroxyl groups excluding tert-OH is 4. The average Bonchev–Trinajstić information content (AvgIpc) is 2.21. The molecular formula is C6H11Li2O9P. The predicted octanol–water partition coefficient (Wildman–Crippen LogP) is -10.5. The molecule has 0 aromatic carbocycles. The van der Waals surface area contributed by atoms with Gasteiger partial charge in [0.15, 0.2) is 5.78 Å². The molecule has 0 saturated carbocycles. The minimum Gasteiger partial charge on any atom is -0.790 e. The van der Waals surface area contributed by atoms with Crippen molar-refractivity contribution in [3.05, 3.63) is 0 Å². The fourth-order valence-corrected chi connectivity index (χ4v) is 1.10. The molecule has 0 amide bonds. The van der Waals surface area contributed by atoms with Crippen LogP contribution in [0.15, 0.2) is 0 Å². The molecule has 0 saturated heterocycles. The number of hydrogen-bond acceptors (Lipinski definition) is 9. The fraction of sp³-hybridized carbons (Fsp3) is 0.833. The molecule has 9 nitrogen and oxygen atoms in total. The van der Waals surface area contributed by atoms with Crippen molar-refractivity contribution in [2.24, 2.45) is 0 Å². The zero-order valence-corrected chi connectivity index (χ0v) is 10.8. The Morgan fingerprint density at radius 2 is 1.67 bits per heavy atom. The molecule has 0 aliphatic carbocycles. The third-order valence-electron chi connectivity index (χ3n) is 1.61. The summed E-state index contributed by atoms with van der Waals surface area (Å²) in [4.78, 5) is 30.7. The van der Waals surface area contributed by atoms with Gasteiger partial charge in [-0.3, -0.25) is 4.79 Å². The van der Waals surface area contributed by atoms with Gasteiger partial charge < -0.3 is 39.3 Å². The number of aliphatic hydroxyl groups is 4. The number of hydrogen-bond donors (Lipinski definition) is 4. The van der Waals surface area contributed by atoms with Gasteiger partial charge in [-0.15, -0.1) is 0 Å². The van der Waals surface area contributed by atoms with Crippen molar-refractivity contribution in [2.45, 2.75) is 18.3 Å². The summed E-state index contributed by atoms with van der Waals surface area (Å²) >= 11 is 0. The molecule has 0 aromatic heterocycles. The van der Waals surface area contributed by atoms with Gasteiger partial charge in [-0.25, -0.2) is 0 Å². The number of ketones is 1. The molecule has 12 heteroatoms. The van der Waals surface area contributed by atoms with Gasteiger partial charge in [0.2, 0.25) is 0 Å². The molecule has 0 bridgehead atoms. The molecule has 0 fully saturated rings. The topological polar surface area (TPSA) is 170 Å². The van der Waals surface area contributed by atoms with Crippen molar-refractivity contribution in [3.63, 3.8) is 0 Å². The Morgan fingerprint density at radius 1 is 1.22 bits per heavy atom. The molecule has 18 heavy (non-hydrogen) atoms. The van der Waals surface area contributed by atoms with Gasteiger partial charge in [0.1, 0.15) is 24.9 Å².